The molecule has 3 nitrogen and oxygen atoms in total. The molecule has 1 aromatic rings. The van der Waals surface area contributed by atoms with Crippen molar-refractivity contribution in [2.75, 3.05) is 13.7 Å². The molecule has 1 rings (SSSR count). The maximum Gasteiger partial charge on any atom is 0.338 e. The Bertz CT molecular complexity index is 393. The summed E-state index contributed by atoms with van der Waals surface area (Å²) in [5, 5.41) is 0. The number of hydrogen-bond acceptors (Lipinski definition) is 3. The highest BCUT2D eigenvalue weighted by atomic mass is 35.5. The van der Waals surface area contributed by atoms with Crippen molar-refractivity contribution < 1.29 is 18.7 Å². The number of alkyl halides is 1. The molecule has 0 heterocycles. The number of carbonyl (C=O) groups is 1. The quantitative estimate of drug-likeness (QED) is 0.605. The van der Waals surface area contributed by atoms with Crippen molar-refractivity contribution in [1.82, 2.24) is 0 Å². The summed E-state index contributed by atoms with van der Waals surface area (Å²) in [6, 6.07) is 2.48. The van der Waals surface area contributed by atoms with Crippen LogP contribution in [0.4, 0.5) is 4.39 Å². The molecule has 0 amide bonds. The highest BCUT2D eigenvalue weighted by Gasteiger charge is 2.16. The zero-order valence-electron chi connectivity index (χ0n) is 9.05. The second-order valence-electron chi connectivity index (χ2n) is 3.00. The zero-order chi connectivity index (χ0) is 12.1. The molecule has 0 saturated carbocycles. The van der Waals surface area contributed by atoms with Gasteiger partial charge in [-0.2, -0.15) is 0 Å². The number of methoxy groups -OCH3 is 1. The summed E-state index contributed by atoms with van der Waals surface area (Å²) in [5.41, 5.74) is 0.619. The van der Waals surface area contributed by atoms with E-state index in [2.05, 4.69) is 0 Å². The molecule has 0 fully saturated rings. The van der Waals surface area contributed by atoms with Gasteiger partial charge in [-0.3, -0.25) is 0 Å². The minimum absolute atomic E-state index is 0.0590. The van der Waals surface area contributed by atoms with Gasteiger partial charge in [0.1, 0.15) is 0 Å². The van der Waals surface area contributed by atoms with E-state index in [0.29, 0.717) is 5.56 Å². The highest BCUT2D eigenvalue weighted by molar-refractivity contribution is 6.17. The third-order valence-electron chi connectivity index (χ3n) is 2.02. The van der Waals surface area contributed by atoms with Crippen molar-refractivity contribution in [1.29, 1.82) is 0 Å². The average Bonchev–Trinajstić information content (AvgIpc) is 2.29. The molecule has 0 N–H and O–H groups in total. The van der Waals surface area contributed by atoms with Gasteiger partial charge in [-0.1, -0.05) is 0 Å². The molecular formula is C11H12ClFO3. The normalized spacial score (nSPS) is 10.0. The topological polar surface area (TPSA) is 35.5 Å². The van der Waals surface area contributed by atoms with E-state index in [0.717, 1.165) is 6.07 Å². The third-order valence-corrected chi connectivity index (χ3v) is 2.30. The van der Waals surface area contributed by atoms with Gasteiger partial charge in [0.05, 0.1) is 19.3 Å². The Labute approximate surface area is 98.1 Å². The van der Waals surface area contributed by atoms with Crippen LogP contribution in [-0.4, -0.2) is 19.7 Å². The first-order chi connectivity index (χ1) is 7.63. The summed E-state index contributed by atoms with van der Waals surface area (Å²) >= 11 is 5.67. The first-order valence-electron chi connectivity index (χ1n) is 4.73. The standard InChI is InChI=1S/C11H12ClFO3/c1-3-16-11(14)8-5-9(13)10(15-2)4-7(8)6-12/h4-5H,3,6H2,1-2H3. The molecule has 16 heavy (non-hydrogen) atoms. The van der Waals surface area contributed by atoms with Crippen molar-refractivity contribution in [2.24, 2.45) is 0 Å². The molecule has 0 aliphatic heterocycles. The number of carbonyl (C=O) groups excluding carboxylic acids is 1. The van der Waals surface area contributed by atoms with E-state index in [4.69, 9.17) is 21.1 Å². The Hall–Kier alpha value is -1.29. The van der Waals surface area contributed by atoms with Gasteiger partial charge >= 0.3 is 5.97 Å². The summed E-state index contributed by atoms with van der Waals surface area (Å²) < 4.78 is 23.0. The average molecular weight is 247 g/mol. The Morgan fingerprint density at radius 2 is 2.19 bits per heavy atom. The molecule has 0 spiro atoms. The van der Waals surface area contributed by atoms with Gasteiger partial charge < -0.3 is 9.47 Å². The van der Waals surface area contributed by atoms with Gasteiger partial charge in [-0.25, -0.2) is 9.18 Å². The van der Waals surface area contributed by atoms with E-state index in [1.165, 1.54) is 13.2 Å². The number of esters is 1. The molecule has 0 aliphatic rings. The summed E-state index contributed by atoms with van der Waals surface area (Å²) in [4.78, 5) is 11.5. The van der Waals surface area contributed by atoms with Gasteiger partial charge in [0.15, 0.2) is 11.6 Å². The van der Waals surface area contributed by atoms with Gasteiger partial charge in [0, 0.05) is 5.88 Å². The summed E-state index contributed by atoms with van der Waals surface area (Å²) in [6.45, 7) is 1.91. The Morgan fingerprint density at radius 1 is 1.50 bits per heavy atom. The monoisotopic (exact) mass is 246 g/mol. The molecular weight excluding hydrogens is 235 g/mol. The molecule has 0 aromatic heterocycles. The van der Waals surface area contributed by atoms with Crippen molar-refractivity contribution in [3.05, 3.63) is 29.1 Å². The SMILES string of the molecule is CCOC(=O)c1cc(F)c(OC)cc1CCl. The summed E-state index contributed by atoms with van der Waals surface area (Å²) in [6.07, 6.45) is 0. The van der Waals surface area contributed by atoms with Crippen molar-refractivity contribution in [3.63, 3.8) is 0 Å². The van der Waals surface area contributed by atoms with Crippen LogP contribution in [0.3, 0.4) is 0 Å². The molecule has 0 saturated heterocycles. The number of halogens is 2. The zero-order valence-corrected chi connectivity index (χ0v) is 9.81. The number of ether oxygens (including phenoxy) is 2. The molecule has 0 aliphatic carbocycles. The maximum absolute atomic E-state index is 13.4. The van der Waals surface area contributed by atoms with Crippen LogP contribution < -0.4 is 4.74 Å². The first-order valence-corrected chi connectivity index (χ1v) is 5.27. The van der Waals surface area contributed by atoms with Crippen molar-refractivity contribution >= 4 is 17.6 Å². The molecule has 0 unspecified atom stereocenters. The first kappa shape index (κ1) is 12.8. The Morgan fingerprint density at radius 3 is 2.69 bits per heavy atom. The lowest BCUT2D eigenvalue weighted by molar-refractivity contribution is 0.0524. The summed E-state index contributed by atoms with van der Waals surface area (Å²) in [7, 11) is 1.35. The maximum atomic E-state index is 13.4. The second-order valence-corrected chi connectivity index (χ2v) is 3.27. The predicted octanol–water partition coefficient (Wildman–Crippen LogP) is 2.75. The minimum Gasteiger partial charge on any atom is -0.494 e. The molecule has 88 valence electrons. The summed E-state index contributed by atoms with van der Waals surface area (Å²) in [5.74, 6) is -1.05. The third kappa shape index (κ3) is 2.64. The number of rotatable bonds is 4. The van der Waals surface area contributed by atoms with E-state index in [-0.39, 0.29) is 23.8 Å². The molecule has 1 aromatic carbocycles. The van der Waals surface area contributed by atoms with Crippen LogP contribution in [0.15, 0.2) is 12.1 Å². The fourth-order valence-electron chi connectivity index (χ4n) is 1.26. The minimum atomic E-state index is -0.612. The van der Waals surface area contributed by atoms with Gasteiger partial charge in [0.25, 0.3) is 0 Å². The van der Waals surface area contributed by atoms with Crippen molar-refractivity contribution in [3.8, 4) is 5.75 Å². The van der Waals surface area contributed by atoms with E-state index >= 15 is 0 Å². The van der Waals surface area contributed by atoms with Gasteiger partial charge in [-0.05, 0) is 24.6 Å². The van der Waals surface area contributed by atoms with Crippen LogP contribution in [0.2, 0.25) is 0 Å². The fraction of sp³-hybridized carbons (Fsp3) is 0.364. The number of benzene rings is 1. The lowest BCUT2D eigenvalue weighted by Crippen LogP contribution is -2.08. The fourth-order valence-corrected chi connectivity index (χ4v) is 1.48. The van der Waals surface area contributed by atoms with E-state index in [9.17, 15) is 9.18 Å². The number of hydrogen-bond donors (Lipinski definition) is 0. The van der Waals surface area contributed by atoms with E-state index < -0.39 is 11.8 Å². The molecule has 0 atom stereocenters. The smallest absolute Gasteiger partial charge is 0.338 e. The van der Waals surface area contributed by atoms with Crippen LogP contribution in [0, 0.1) is 5.82 Å². The van der Waals surface area contributed by atoms with Gasteiger partial charge in [-0.15, -0.1) is 11.6 Å². The van der Waals surface area contributed by atoms with Crippen LogP contribution in [0.1, 0.15) is 22.8 Å². The molecule has 5 heteroatoms. The largest absolute Gasteiger partial charge is 0.494 e. The van der Waals surface area contributed by atoms with Crippen LogP contribution in [0.5, 0.6) is 5.75 Å². The predicted molar refractivity (Wildman–Crippen MR) is 58.5 cm³/mol. The van der Waals surface area contributed by atoms with Crippen LogP contribution in [0.25, 0.3) is 0 Å². The van der Waals surface area contributed by atoms with E-state index in [1.54, 1.807) is 6.92 Å². The van der Waals surface area contributed by atoms with Gasteiger partial charge in [0.2, 0.25) is 0 Å². The second kappa shape index (κ2) is 5.70. The molecule has 0 bridgehead atoms. The Kier molecular flexibility index (Phi) is 4.55. The van der Waals surface area contributed by atoms with Crippen molar-refractivity contribution in [2.45, 2.75) is 12.8 Å². The Balaban J connectivity index is 3.17. The lowest BCUT2D eigenvalue weighted by Gasteiger charge is -2.09. The van der Waals surface area contributed by atoms with E-state index in [1.807, 2.05) is 0 Å². The van der Waals surface area contributed by atoms with Crippen LogP contribution in [-0.2, 0) is 10.6 Å². The molecule has 0 radical (unpaired) electrons. The van der Waals surface area contributed by atoms with Crippen LogP contribution >= 0.6 is 11.6 Å². The highest BCUT2D eigenvalue weighted by Crippen LogP contribution is 2.24. The lowest BCUT2D eigenvalue weighted by atomic mass is 10.1.